The lowest BCUT2D eigenvalue weighted by Gasteiger charge is -2.34. The number of nitrogens with one attached hydrogen (secondary N) is 1. The van der Waals surface area contributed by atoms with Crippen molar-refractivity contribution in [2.24, 2.45) is 0 Å². The van der Waals surface area contributed by atoms with Gasteiger partial charge >= 0.3 is 0 Å². The lowest BCUT2D eigenvalue weighted by atomic mass is 10.1. The fraction of sp³-hybridized carbons (Fsp3) is 1.00. The van der Waals surface area contributed by atoms with Gasteiger partial charge < -0.3 is 10.1 Å². The Hall–Kier alpha value is -0.120. The van der Waals surface area contributed by atoms with Gasteiger partial charge in [-0.1, -0.05) is 13.8 Å². The second kappa shape index (κ2) is 8.06. The van der Waals surface area contributed by atoms with Crippen LogP contribution >= 0.6 is 0 Å². The minimum atomic E-state index is 0.468. The average Bonchev–Trinajstić information content (AvgIpc) is 2.84. The topological polar surface area (TPSA) is 24.5 Å². The fourth-order valence-corrected chi connectivity index (χ4v) is 2.49. The van der Waals surface area contributed by atoms with Crippen LogP contribution in [0.1, 0.15) is 47.0 Å². The SMILES string of the molecule is CCCNC(C)C(C)N(CC)CC1CCCO1. The molecule has 0 aromatic carbocycles. The number of hydrogen-bond donors (Lipinski definition) is 1. The highest BCUT2D eigenvalue weighted by atomic mass is 16.5. The summed E-state index contributed by atoms with van der Waals surface area (Å²) in [5.74, 6) is 0. The van der Waals surface area contributed by atoms with E-state index >= 15 is 0 Å². The smallest absolute Gasteiger partial charge is 0.0702 e. The van der Waals surface area contributed by atoms with Gasteiger partial charge in [0, 0.05) is 25.2 Å². The Labute approximate surface area is 107 Å². The van der Waals surface area contributed by atoms with Crippen molar-refractivity contribution < 1.29 is 4.74 Å². The van der Waals surface area contributed by atoms with E-state index in [-0.39, 0.29) is 0 Å². The molecule has 1 N–H and O–H groups in total. The van der Waals surface area contributed by atoms with Crippen molar-refractivity contribution in [2.75, 3.05) is 26.2 Å². The van der Waals surface area contributed by atoms with Crippen molar-refractivity contribution in [2.45, 2.75) is 65.1 Å². The van der Waals surface area contributed by atoms with Crippen LogP contribution in [0.5, 0.6) is 0 Å². The molecule has 1 saturated heterocycles. The molecule has 3 heteroatoms. The van der Waals surface area contributed by atoms with Crippen LogP contribution < -0.4 is 5.32 Å². The minimum absolute atomic E-state index is 0.468. The van der Waals surface area contributed by atoms with E-state index in [2.05, 4.69) is 37.9 Å². The first-order chi connectivity index (χ1) is 8.19. The molecule has 0 bridgehead atoms. The van der Waals surface area contributed by atoms with Gasteiger partial charge in [0.1, 0.15) is 0 Å². The highest BCUT2D eigenvalue weighted by Crippen LogP contribution is 2.15. The third-order valence-electron chi connectivity index (χ3n) is 3.88. The summed E-state index contributed by atoms with van der Waals surface area (Å²) in [5.41, 5.74) is 0. The van der Waals surface area contributed by atoms with Crippen LogP contribution in [0.25, 0.3) is 0 Å². The Kier molecular flexibility index (Phi) is 7.09. The Morgan fingerprint density at radius 1 is 1.35 bits per heavy atom. The molecule has 0 spiro atoms. The number of rotatable bonds is 8. The summed E-state index contributed by atoms with van der Waals surface area (Å²) < 4.78 is 5.73. The van der Waals surface area contributed by atoms with E-state index in [1.165, 1.54) is 19.3 Å². The summed E-state index contributed by atoms with van der Waals surface area (Å²) in [6.45, 7) is 13.4. The van der Waals surface area contributed by atoms with Crippen LogP contribution in [0.3, 0.4) is 0 Å². The molecule has 102 valence electrons. The summed E-state index contributed by atoms with van der Waals surface area (Å²) in [6, 6.07) is 1.13. The quantitative estimate of drug-likeness (QED) is 0.706. The highest BCUT2D eigenvalue weighted by molar-refractivity contribution is 4.80. The second-order valence-corrected chi connectivity index (χ2v) is 5.21. The Morgan fingerprint density at radius 2 is 2.12 bits per heavy atom. The number of nitrogens with zero attached hydrogens (tertiary/aromatic N) is 1. The van der Waals surface area contributed by atoms with Crippen LogP contribution in [0.15, 0.2) is 0 Å². The summed E-state index contributed by atoms with van der Waals surface area (Å²) in [4.78, 5) is 2.54. The van der Waals surface area contributed by atoms with Crippen molar-refractivity contribution in [3.05, 3.63) is 0 Å². The molecule has 0 aliphatic carbocycles. The molecule has 1 rings (SSSR count). The Morgan fingerprint density at radius 3 is 2.65 bits per heavy atom. The largest absolute Gasteiger partial charge is 0.377 e. The van der Waals surface area contributed by atoms with E-state index in [1.807, 2.05) is 0 Å². The molecule has 3 unspecified atom stereocenters. The lowest BCUT2D eigenvalue weighted by molar-refractivity contribution is 0.0559. The van der Waals surface area contributed by atoms with E-state index in [1.54, 1.807) is 0 Å². The van der Waals surface area contributed by atoms with Gasteiger partial charge in [-0.2, -0.15) is 0 Å². The monoisotopic (exact) mass is 242 g/mol. The summed E-state index contributed by atoms with van der Waals surface area (Å²) in [7, 11) is 0. The van der Waals surface area contributed by atoms with E-state index in [0.717, 1.165) is 26.2 Å². The first kappa shape index (κ1) is 14.9. The van der Waals surface area contributed by atoms with Gasteiger partial charge in [-0.3, -0.25) is 4.90 Å². The number of ether oxygens (including phenoxy) is 1. The van der Waals surface area contributed by atoms with Gasteiger partial charge in [0.05, 0.1) is 6.10 Å². The first-order valence-corrected chi connectivity index (χ1v) is 7.28. The zero-order valence-electron chi connectivity index (χ0n) is 12.0. The van der Waals surface area contributed by atoms with E-state index in [9.17, 15) is 0 Å². The predicted molar refractivity (Wildman–Crippen MR) is 73.4 cm³/mol. The first-order valence-electron chi connectivity index (χ1n) is 7.28. The van der Waals surface area contributed by atoms with E-state index < -0.39 is 0 Å². The number of hydrogen-bond acceptors (Lipinski definition) is 3. The maximum Gasteiger partial charge on any atom is 0.0702 e. The molecule has 0 saturated carbocycles. The van der Waals surface area contributed by atoms with Crippen molar-refractivity contribution in [1.82, 2.24) is 10.2 Å². The van der Waals surface area contributed by atoms with E-state index in [0.29, 0.717) is 18.2 Å². The van der Waals surface area contributed by atoms with E-state index in [4.69, 9.17) is 4.74 Å². The maximum atomic E-state index is 5.73. The van der Waals surface area contributed by atoms with Crippen molar-refractivity contribution in [3.8, 4) is 0 Å². The van der Waals surface area contributed by atoms with Crippen LogP contribution in [-0.2, 0) is 4.74 Å². The standard InChI is InChI=1S/C14H30N2O/c1-5-9-15-12(3)13(4)16(6-2)11-14-8-7-10-17-14/h12-15H,5-11H2,1-4H3. The summed E-state index contributed by atoms with van der Waals surface area (Å²) in [5, 5.41) is 3.59. The van der Waals surface area contributed by atoms with Crippen LogP contribution in [0.4, 0.5) is 0 Å². The second-order valence-electron chi connectivity index (χ2n) is 5.21. The van der Waals surface area contributed by atoms with Crippen LogP contribution in [0, 0.1) is 0 Å². The molecule has 0 aromatic rings. The van der Waals surface area contributed by atoms with Crippen molar-refractivity contribution in [1.29, 1.82) is 0 Å². The number of likely N-dealkylation sites (N-methyl/N-ethyl adjacent to an activating group) is 1. The molecule has 0 amide bonds. The Balaban J connectivity index is 2.35. The average molecular weight is 242 g/mol. The van der Waals surface area contributed by atoms with Crippen molar-refractivity contribution >= 4 is 0 Å². The van der Waals surface area contributed by atoms with Gasteiger partial charge in [0.25, 0.3) is 0 Å². The van der Waals surface area contributed by atoms with Gasteiger partial charge in [-0.25, -0.2) is 0 Å². The zero-order chi connectivity index (χ0) is 12.7. The van der Waals surface area contributed by atoms with Gasteiger partial charge in [-0.15, -0.1) is 0 Å². The third-order valence-corrected chi connectivity index (χ3v) is 3.88. The summed E-state index contributed by atoms with van der Waals surface area (Å²) >= 11 is 0. The molecule has 17 heavy (non-hydrogen) atoms. The molecule has 0 radical (unpaired) electrons. The summed E-state index contributed by atoms with van der Waals surface area (Å²) in [6.07, 6.45) is 4.14. The molecular formula is C14H30N2O. The normalized spacial score (nSPS) is 24.2. The van der Waals surface area contributed by atoms with Gasteiger partial charge in [-0.05, 0) is 46.2 Å². The third kappa shape index (κ3) is 4.94. The molecule has 1 heterocycles. The zero-order valence-corrected chi connectivity index (χ0v) is 12.0. The molecule has 1 aliphatic rings. The molecule has 0 aromatic heterocycles. The molecular weight excluding hydrogens is 212 g/mol. The molecule has 1 fully saturated rings. The maximum absolute atomic E-state index is 5.73. The molecule has 3 atom stereocenters. The van der Waals surface area contributed by atoms with Crippen LogP contribution in [0.2, 0.25) is 0 Å². The fourth-order valence-electron chi connectivity index (χ4n) is 2.49. The minimum Gasteiger partial charge on any atom is -0.377 e. The molecule has 1 aliphatic heterocycles. The Bertz CT molecular complexity index is 193. The highest BCUT2D eigenvalue weighted by Gasteiger charge is 2.23. The van der Waals surface area contributed by atoms with Gasteiger partial charge in [0.2, 0.25) is 0 Å². The van der Waals surface area contributed by atoms with Gasteiger partial charge in [0.15, 0.2) is 0 Å². The van der Waals surface area contributed by atoms with Crippen molar-refractivity contribution in [3.63, 3.8) is 0 Å². The molecule has 3 nitrogen and oxygen atoms in total. The lowest BCUT2D eigenvalue weighted by Crippen LogP contribution is -2.49. The van der Waals surface area contributed by atoms with Crippen LogP contribution in [-0.4, -0.2) is 49.3 Å². The predicted octanol–water partition coefficient (Wildman–Crippen LogP) is 2.26.